The molecular weight excluding hydrogens is 414 g/mol. The maximum atomic E-state index is 12.1. The third kappa shape index (κ3) is 9.07. The number of methoxy groups -OCH3 is 1. The largest absolute Gasteiger partial charge is 0.482 e. The number of ether oxygens (including phenoxy) is 4. The van der Waals surface area contributed by atoms with Crippen LogP contribution in [0.25, 0.3) is 0 Å². The van der Waals surface area contributed by atoms with Crippen molar-refractivity contribution in [3.63, 3.8) is 0 Å². The first kappa shape index (κ1) is 24.7. The van der Waals surface area contributed by atoms with Gasteiger partial charge in [-0.05, 0) is 44.0 Å². The van der Waals surface area contributed by atoms with Gasteiger partial charge in [-0.25, -0.2) is 14.4 Å². The summed E-state index contributed by atoms with van der Waals surface area (Å²) in [7, 11) is 1.25. The highest BCUT2D eigenvalue weighted by molar-refractivity contribution is 5.81. The van der Waals surface area contributed by atoms with Crippen LogP contribution in [-0.4, -0.2) is 43.4 Å². The minimum absolute atomic E-state index is 0.0875. The van der Waals surface area contributed by atoms with Crippen molar-refractivity contribution in [3.8, 4) is 5.75 Å². The summed E-state index contributed by atoms with van der Waals surface area (Å²) in [4.78, 5) is 36.0. The highest BCUT2D eigenvalue weighted by Crippen LogP contribution is 2.15. The van der Waals surface area contributed by atoms with Crippen LogP contribution in [0.1, 0.15) is 31.9 Å². The van der Waals surface area contributed by atoms with Crippen molar-refractivity contribution in [1.82, 2.24) is 5.32 Å². The first-order valence-electron chi connectivity index (χ1n) is 10.1. The predicted octanol–water partition coefficient (Wildman–Crippen LogP) is 3.42. The zero-order valence-electron chi connectivity index (χ0n) is 18.8. The molecule has 0 heterocycles. The van der Waals surface area contributed by atoms with Crippen LogP contribution in [0, 0.1) is 0 Å². The Labute approximate surface area is 187 Å². The maximum absolute atomic E-state index is 12.1. The van der Waals surface area contributed by atoms with Gasteiger partial charge in [0.1, 0.15) is 24.0 Å². The Kier molecular flexibility index (Phi) is 9.07. The van der Waals surface area contributed by atoms with Gasteiger partial charge in [0.15, 0.2) is 6.61 Å². The molecule has 1 atom stereocenters. The molecule has 0 spiro atoms. The Morgan fingerprint density at radius 3 is 2.19 bits per heavy atom. The number of carbonyl (C=O) groups is 3. The maximum Gasteiger partial charge on any atom is 0.408 e. The average molecular weight is 443 g/mol. The molecule has 0 aliphatic heterocycles. The molecule has 1 N–H and O–H groups in total. The van der Waals surface area contributed by atoms with Crippen LogP contribution in [0.15, 0.2) is 54.6 Å². The third-order valence-corrected chi connectivity index (χ3v) is 4.13. The normalized spacial score (nSPS) is 11.8. The van der Waals surface area contributed by atoms with E-state index in [1.807, 2.05) is 30.3 Å². The van der Waals surface area contributed by atoms with Gasteiger partial charge in [-0.2, -0.15) is 0 Å². The molecule has 0 saturated carbocycles. The lowest BCUT2D eigenvalue weighted by Gasteiger charge is -2.19. The molecule has 32 heavy (non-hydrogen) atoms. The lowest BCUT2D eigenvalue weighted by Crippen LogP contribution is -2.43. The van der Waals surface area contributed by atoms with Crippen LogP contribution >= 0.6 is 0 Å². The van der Waals surface area contributed by atoms with E-state index in [0.29, 0.717) is 5.75 Å². The van der Waals surface area contributed by atoms with Gasteiger partial charge in [-0.15, -0.1) is 0 Å². The van der Waals surface area contributed by atoms with Crippen molar-refractivity contribution < 1.29 is 33.3 Å². The molecule has 1 amide bonds. The van der Waals surface area contributed by atoms with Crippen LogP contribution < -0.4 is 10.1 Å². The predicted molar refractivity (Wildman–Crippen MR) is 117 cm³/mol. The first-order chi connectivity index (χ1) is 15.2. The van der Waals surface area contributed by atoms with Crippen molar-refractivity contribution in [1.29, 1.82) is 0 Å². The van der Waals surface area contributed by atoms with Crippen LogP contribution in [-0.2, 0) is 36.8 Å². The Morgan fingerprint density at radius 2 is 1.59 bits per heavy atom. The fourth-order valence-electron chi connectivity index (χ4n) is 2.71. The monoisotopic (exact) mass is 443 g/mol. The molecule has 0 aliphatic carbocycles. The number of carbonyl (C=O) groups excluding carboxylic acids is 3. The van der Waals surface area contributed by atoms with Gasteiger partial charge in [0.25, 0.3) is 0 Å². The molecule has 0 aliphatic rings. The molecule has 0 fully saturated rings. The van der Waals surface area contributed by atoms with Crippen molar-refractivity contribution in [2.75, 3.05) is 13.7 Å². The molecule has 0 unspecified atom stereocenters. The summed E-state index contributed by atoms with van der Waals surface area (Å²) in [6, 6.07) is 15.1. The summed E-state index contributed by atoms with van der Waals surface area (Å²) in [6.45, 7) is 5.22. The van der Waals surface area contributed by atoms with Crippen molar-refractivity contribution in [2.45, 2.75) is 45.4 Å². The summed E-state index contributed by atoms with van der Waals surface area (Å²) in [5.41, 5.74) is 1.01. The lowest BCUT2D eigenvalue weighted by atomic mass is 10.1. The van der Waals surface area contributed by atoms with Crippen molar-refractivity contribution in [3.05, 3.63) is 65.7 Å². The van der Waals surface area contributed by atoms with E-state index < -0.39 is 29.7 Å². The minimum Gasteiger partial charge on any atom is -0.482 e. The molecule has 8 heteroatoms. The van der Waals surface area contributed by atoms with Crippen LogP contribution in [0.4, 0.5) is 4.79 Å². The number of amides is 1. The quantitative estimate of drug-likeness (QED) is 0.468. The van der Waals surface area contributed by atoms with Crippen molar-refractivity contribution in [2.24, 2.45) is 0 Å². The fraction of sp³-hybridized carbons (Fsp3) is 0.375. The Bertz CT molecular complexity index is 889. The molecule has 0 saturated heterocycles. The molecule has 2 aromatic rings. The first-order valence-corrected chi connectivity index (χ1v) is 10.1. The van der Waals surface area contributed by atoms with Gasteiger partial charge < -0.3 is 24.3 Å². The van der Waals surface area contributed by atoms with Gasteiger partial charge in [-0.1, -0.05) is 42.5 Å². The van der Waals surface area contributed by atoms with Gasteiger partial charge in [0.2, 0.25) is 0 Å². The zero-order chi connectivity index (χ0) is 23.6. The van der Waals surface area contributed by atoms with Gasteiger partial charge in [0.05, 0.1) is 7.11 Å². The Morgan fingerprint density at radius 1 is 0.938 bits per heavy atom. The zero-order valence-corrected chi connectivity index (χ0v) is 18.8. The molecular formula is C24H29NO7. The van der Waals surface area contributed by atoms with Gasteiger partial charge in [0, 0.05) is 6.42 Å². The molecule has 2 rings (SSSR count). The number of benzene rings is 2. The molecule has 2 aromatic carbocycles. The van der Waals surface area contributed by atoms with E-state index in [1.54, 1.807) is 45.0 Å². The number of hydrogen-bond donors (Lipinski definition) is 1. The number of alkyl carbamates (subject to hydrolysis) is 1. The number of rotatable bonds is 9. The van der Waals surface area contributed by atoms with Gasteiger partial charge in [-0.3, -0.25) is 0 Å². The number of hydrogen-bond acceptors (Lipinski definition) is 7. The van der Waals surface area contributed by atoms with E-state index in [2.05, 4.69) is 5.32 Å². The summed E-state index contributed by atoms with van der Waals surface area (Å²) >= 11 is 0. The van der Waals surface area contributed by atoms with E-state index >= 15 is 0 Å². The standard InChI is InChI=1S/C24H29NO7/c1-24(2,3)32-21(26)16-30-19-12-10-17(11-13-19)14-20(22(27)29-4)25-23(28)31-15-18-8-6-5-7-9-18/h5-13,20H,14-16H2,1-4H3,(H,25,28)/t20-/m1/s1. The summed E-state index contributed by atoms with van der Waals surface area (Å²) in [5.74, 6) is -0.582. The number of esters is 2. The highest BCUT2D eigenvalue weighted by Gasteiger charge is 2.23. The van der Waals surface area contributed by atoms with E-state index in [9.17, 15) is 14.4 Å². The molecule has 172 valence electrons. The van der Waals surface area contributed by atoms with Crippen LogP contribution in [0.2, 0.25) is 0 Å². The molecule has 0 radical (unpaired) electrons. The highest BCUT2D eigenvalue weighted by atomic mass is 16.6. The van der Waals surface area contributed by atoms with Crippen LogP contribution in [0.3, 0.4) is 0 Å². The van der Waals surface area contributed by atoms with E-state index in [4.69, 9.17) is 18.9 Å². The Hall–Kier alpha value is -3.55. The fourth-order valence-corrected chi connectivity index (χ4v) is 2.71. The van der Waals surface area contributed by atoms with Gasteiger partial charge >= 0.3 is 18.0 Å². The second-order valence-electron chi connectivity index (χ2n) is 8.01. The van der Waals surface area contributed by atoms with E-state index in [1.165, 1.54) is 7.11 Å². The second kappa shape index (κ2) is 11.7. The minimum atomic E-state index is -0.920. The smallest absolute Gasteiger partial charge is 0.408 e. The number of nitrogens with one attached hydrogen (secondary N) is 1. The molecule has 0 aromatic heterocycles. The summed E-state index contributed by atoms with van der Waals surface area (Å²) in [6.07, 6.45) is -0.527. The Balaban J connectivity index is 1.89. The van der Waals surface area contributed by atoms with E-state index in [-0.39, 0.29) is 19.6 Å². The lowest BCUT2D eigenvalue weighted by molar-refractivity contribution is -0.157. The van der Waals surface area contributed by atoms with Crippen LogP contribution in [0.5, 0.6) is 5.75 Å². The third-order valence-electron chi connectivity index (χ3n) is 4.13. The molecule has 0 bridgehead atoms. The summed E-state index contributed by atoms with van der Waals surface area (Å²) in [5, 5.41) is 2.53. The summed E-state index contributed by atoms with van der Waals surface area (Å²) < 4.78 is 20.6. The topological polar surface area (TPSA) is 100 Å². The van der Waals surface area contributed by atoms with Crippen molar-refractivity contribution >= 4 is 18.0 Å². The SMILES string of the molecule is COC(=O)[C@@H](Cc1ccc(OCC(=O)OC(C)(C)C)cc1)NC(=O)OCc1ccccc1. The average Bonchev–Trinajstić information content (AvgIpc) is 2.75. The second-order valence-corrected chi connectivity index (χ2v) is 8.01. The molecule has 8 nitrogen and oxygen atoms in total. The van der Waals surface area contributed by atoms with E-state index in [0.717, 1.165) is 11.1 Å².